The molecular weight excluding hydrogens is 376 g/mol. The largest absolute Gasteiger partial charge is 0.270 e. The molecule has 0 N–H and O–H groups in total. The third-order valence-electron chi connectivity index (χ3n) is 7.15. The SMILES string of the molecule is [2H]C1(c2ccccc2)c2ccccc2-n2c1c(C)[n+](-c1ccccc1C)c2C1CCCC1. The second-order valence-electron chi connectivity index (χ2n) is 8.99. The van der Waals surface area contributed by atoms with Crippen molar-refractivity contribution in [2.45, 2.75) is 51.3 Å². The van der Waals surface area contributed by atoms with Gasteiger partial charge in [0.05, 0.1) is 11.8 Å². The zero-order chi connectivity index (χ0) is 21.9. The van der Waals surface area contributed by atoms with Gasteiger partial charge in [-0.05, 0) is 43.0 Å². The zero-order valence-electron chi connectivity index (χ0n) is 19.3. The number of hydrogen-bond donors (Lipinski definition) is 0. The van der Waals surface area contributed by atoms with Crippen LogP contribution >= 0.6 is 0 Å². The molecule has 2 nitrogen and oxygen atoms in total. The normalized spacial score (nSPS) is 20.5. The van der Waals surface area contributed by atoms with Gasteiger partial charge >= 0.3 is 0 Å². The Labute approximate surface area is 186 Å². The lowest BCUT2D eigenvalue weighted by molar-refractivity contribution is -0.612. The van der Waals surface area contributed by atoms with E-state index in [0.29, 0.717) is 5.92 Å². The van der Waals surface area contributed by atoms with Crippen molar-refractivity contribution in [3.8, 4) is 11.4 Å². The summed E-state index contributed by atoms with van der Waals surface area (Å²) in [7, 11) is 0. The quantitative estimate of drug-likeness (QED) is 0.342. The van der Waals surface area contributed by atoms with Crippen LogP contribution in [0.2, 0.25) is 0 Å². The van der Waals surface area contributed by atoms with Crippen LogP contribution in [0.15, 0.2) is 78.9 Å². The highest BCUT2D eigenvalue weighted by atomic mass is 15.2. The Bertz CT molecular complexity index is 1310. The molecule has 1 fully saturated rings. The molecule has 4 aromatic rings. The molecule has 31 heavy (non-hydrogen) atoms. The number of para-hydroxylation sites is 2. The highest BCUT2D eigenvalue weighted by Gasteiger charge is 2.45. The van der Waals surface area contributed by atoms with E-state index in [2.05, 4.69) is 95.8 Å². The number of aryl methyl sites for hydroxylation is 1. The van der Waals surface area contributed by atoms with Crippen molar-refractivity contribution in [2.75, 3.05) is 0 Å². The maximum Gasteiger partial charge on any atom is 0.270 e. The average molecular weight is 407 g/mol. The first kappa shape index (κ1) is 17.5. The molecule has 0 radical (unpaired) electrons. The monoisotopic (exact) mass is 406 g/mol. The Morgan fingerprint density at radius 3 is 2.29 bits per heavy atom. The fraction of sp³-hybridized carbons (Fsp3) is 0.276. The molecule has 6 rings (SSSR count). The predicted molar refractivity (Wildman–Crippen MR) is 125 cm³/mol. The summed E-state index contributed by atoms with van der Waals surface area (Å²) in [4.78, 5) is 0. The second-order valence-corrected chi connectivity index (χ2v) is 8.99. The van der Waals surface area contributed by atoms with Crippen LogP contribution in [0.5, 0.6) is 0 Å². The minimum atomic E-state index is -0.927. The molecule has 1 aliphatic carbocycles. The van der Waals surface area contributed by atoms with Crippen molar-refractivity contribution >= 4 is 0 Å². The molecule has 1 atom stereocenters. The molecule has 0 bridgehead atoms. The summed E-state index contributed by atoms with van der Waals surface area (Å²) in [5, 5.41) is 0. The summed E-state index contributed by atoms with van der Waals surface area (Å²) in [6.07, 6.45) is 5.00. The molecule has 154 valence electrons. The van der Waals surface area contributed by atoms with Gasteiger partial charge in [-0.3, -0.25) is 0 Å². The Morgan fingerprint density at radius 1 is 0.839 bits per heavy atom. The number of nitrogens with zero attached hydrogens (tertiary/aromatic N) is 2. The molecule has 2 heteroatoms. The smallest absolute Gasteiger partial charge is 0.196 e. The molecule has 1 unspecified atom stereocenters. The third-order valence-corrected chi connectivity index (χ3v) is 7.15. The molecule has 0 saturated heterocycles. The van der Waals surface area contributed by atoms with E-state index >= 15 is 0 Å². The van der Waals surface area contributed by atoms with E-state index in [1.807, 2.05) is 6.07 Å². The lowest BCUT2D eigenvalue weighted by Crippen LogP contribution is -2.39. The number of hydrogen-bond acceptors (Lipinski definition) is 0. The van der Waals surface area contributed by atoms with E-state index in [0.717, 1.165) is 16.8 Å². The second kappa shape index (κ2) is 7.23. The van der Waals surface area contributed by atoms with Gasteiger partial charge in [0.15, 0.2) is 5.69 Å². The summed E-state index contributed by atoms with van der Waals surface area (Å²) in [6, 6.07) is 27.6. The summed E-state index contributed by atoms with van der Waals surface area (Å²) in [5.41, 5.74) is 8.06. The molecule has 1 aliphatic heterocycles. The maximum absolute atomic E-state index is 9.99. The number of fused-ring (bicyclic) bond motifs is 3. The highest BCUT2D eigenvalue weighted by molar-refractivity contribution is 5.60. The average Bonchev–Trinajstić information content (AvgIpc) is 3.52. The highest BCUT2D eigenvalue weighted by Crippen LogP contribution is 2.47. The van der Waals surface area contributed by atoms with Gasteiger partial charge in [0.25, 0.3) is 5.82 Å². The lowest BCUT2D eigenvalue weighted by Gasteiger charge is -2.13. The first-order valence-electron chi connectivity index (χ1n) is 12.0. The van der Waals surface area contributed by atoms with Gasteiger partial charge in [-0.25, -0.2) is 0 Å². The van der Waals surface area contributed by atoms with Crippen LogP contribution in [0, 0.1) is 13.8 Å². The molecule has 2 heterocycles. The van der Waals surface area contributed by atoms with Crippen LogP contribution in [0.3, 0.4) is 0 Å². The van der Waals surface area contributed by atoms with Crippen molar-refractivity contribution in [1.29, 1.82) is 0 Å². The topological polar surface area (TPSA) is 8.81 Å². The minimum Gasteiger partial charge on any atom is -0.196 e. The van der Waals surface area contributed by atoms with Gasteiger partial charge in [-0.2, -0.15) is 9.13 Å². The van der Waals surface area contributed by atoms with Gasteiger partial charge < -0.3 is 0 Å². The molecule has 0 spiro atoms. The van der Waals surface area contributed by atoms with E-state index in [1.54, 1.807) is 0 Å². The Hall–Kier alpha value is -3.13. The van der Waals surface area contributed by atoms with Gasteiger partial charge in [-0.1, -0.05) is 79.6 Å². The van der Waals surface area contributed by atoms with Crippen LogP contribution in [0.4, 0.5) is 0 Å². The van der Waals surface area contributed by atoms with Gasteiger partial charge in [0.2, 0.25) is 0 Å². The molecule has 0 amide bonds. The van der Waals surface area contributed by atoms with Crippen molar-refractivity contribution in [1.82, 2.24) is 4.57 Å². The third kappa shape index (κ3) is 2.74. The minimum absolute atomic E-state index is 0.508. The first-order chi connectivity index (χ1) is 15.6. The predicted octanol–water partition coefficient (Wildman–Crippen LogP) is 6.52. The van der Waals surface area contributed by atoms with Crippen molar-refractivity contribution in [3.05, 3.63) is 113 Å². The van der Waals surface area contributed by atoms with E-state index in [4.69, 9.17) is 0 Å². The fourth-order valence-corrected chi connectivity index (χ4v) is 5.76. The molecule has 3 aromatic carbocycles. The molecule has 2 aliphatic rings. The Balaban J connectivity index is 1.75. The molecule has 1 aromatic heterocycles. The Kier molecular flexibility index (Phi) is 4.09. The maximum atomic E-state index is 9.99. The van der Waals surface area contributed by atoms with Crippen LogP contribution in [0.25, 0.3) is 11.4 Å². The summed E-state index contributed by atoms with van der Waals surface area (Å²) >= 11 is 0. The summed E-state index contributed by atoms with van der Waals surface area (Å²) in [5.74, 6) is 0.929. The number of benzene rings is 3. The van der Waals surface area contributed by atoms with Crippen LogP contribution in [0.1, 0.15) is 72.8 Å². The Morgan fingerprint density at radius 2 is 1.52 bits per heavy atom. The van der Waals surface area contributed by atoms with E-state index in [1.165, 1.54) is 54.1 Å². The van der Waals surface area contributed by atoms with E-state index in [9.17, 15) is 1.37 Å². The first-order valence-corrected chi connectivity index (χ1v) is 11.5. The van der Waals surface area contributed by atoms with Crippen LogP contribution in [-0.2, 0) is 0 Å². The summed E-state index contributed by atoms with van der Waals surface area (Å²) in [6.45, 7) is 4.41. The standard InChI is InChI=1S/C29H29N2/c1-20-12-6-10-18-25(20)30-21(2)28-27(22-13-4-3-5-14-22)24-17-9-11-19-26(24)31(28)29(30)23-15-7-8-16-23/h3-6,9-14,17-19,23,27H,7-8,15-16H2,1-2H3/q+1/i27D. The number of aromatic nitrogens is 2. The zero-order valence-corrected chi connectivity index (χ0v) is 18.3. The number of rotatable bonds is 3. The fourth-order valence-electron chi connectivity index (χ4n) is 5.76. The lowest BCUT2D eigenvalue weighted by atomic mass is 9.89. The summed E-state index contributed by atoms with van der Waals surface area (Å²) < 4.78 is 14.9. The van der Waals surface area contributed by atoms with Gasteiger partial charge in [-0.15, -0.1) is 0 Å². The van der Waals surface area contributed by atoms with Crippen LogP contribution < -0.4 is 4.57 Å². The molecular formula is C29H29N2+. The van der Waals surface area contributed by atoms with Crippen molar-refractivity contribution in [2.24, 2.45) is 0 Å². The van der Waals surface area contributed by atoms with E-state index in [-0.39, 0.29) is 0 Å². The van der Waals surface area contributed by atoms with Crippen molar-refractivity contribution < 1.29 is 5.94 Å². The molecule has 1 saturated carbocycles. The van der Waals surface area contributed by atoms with Gasteiger partial charge in [0, 0.05) is 13.9 Å². The van der Waals surface area contributed by atoms with Crippen LogP contribution in [-0.4, -0.2) is 4.57 Å². The van der Waals surface area contributed by atoms with E-state index < -0.39 is 5.89 Å². The van der Waals surface area contributed by atoms with Gasteiger partial charge in [0.1, 0.15) is 17.1 Å². The number of imidazole rings is 1. The van der Waals surface area contributed by atoms with Crippen molar-refractivity contribution in [3.63, 3.8) is 0 Å².